The van der Waals surface area contributed by atoms with Gasteiger partial charge in [-0.3, -0.25) is 4.57 Å². The van der Waals surface area contributed by atoms with Crippen LogP contribution in [0.2, 0.25) is 5.02 Å². The van der Waals surface area contributed by atoms with Gasteiger partial charge in [0.1, 0.15) is 16.9 Å². The number of para-hydroxylation sites is 2. The van der Waals surface area contributed by atoms with Crippen LogP contribution in [0.15, 0.2) is 42.5 Å². The topological polar surface area (TPSA) is 83.0 Å². The van der Waals surface area contributed by atoms with E-state index in [0.29, 0.717) is 39.5 Å². The number of benzene rings is 2. The second kappa shape index (κ2) is 8.32. The van der Waals surface area contributed by atoms with Crippen LogP contribution in [-0.2, 0) is 4.74 Å². The molecular weight excluding hydrogens is 400 g/mol. The largest absolute Gasteiger partial charge is 0.462 e. The molecule has 0 aliphatic heterocycles. The van der Waals surface area contributed by atoms with E-state index in [4.69, 9.17) is 32.0 Å². The average molecular weight is 423 g/mol. The van der Waals surface area contributed by atoms with Crippen LogP contribution in [0.3, 0.4) is 0 Å². The predicted molar refractivity (Wildman–Crippen MR) is 120 cm³/mol. The average Bonchev–Trinajstić information content (AvgIpc) is 3.02. The first kappa shape index (κ1) is 20.2. The number of nitrogens with zero attached hydrogens (tertiary/aromatic N) is 3. The fourth-order valence-electron chi connectivity index (χ4n) is 3.43. The van der Waals surface area contributed by atoms with Crippen LogP contribution in [-0.4, -0.2) is 27.1 Å². The van der Waals surface area contributed by atoms with E-state index in [1.165, 1.54) is 0 Å². The second-order valence-corrected chi connectivity index (χ2v) is 7.66. The van der Waals surface area contributed by atoms with Gasteiger partial charge in [0, 0.05) is 5.02 Å². The standard InChI is InChI=1S/C23H23ClN4O2/c1-3-4-7-12-30-23(29)19-20-22(27-18-9-6-5-8-17(18)26-20)28(21(19)25)15-11-10-14(2)16(24)13-15/h5-6,8-11,13H,3-4,7,12,25H2,1-2H3. The number of carbonyl (C=O) groups is 1. The molecule has 0 amide bonds. The molecule has 0 radical (unpaired) electrons. The van der Waals surface area contributed by atoms with Crippen LogP contribution in [0, 0.1) is 6.92 Å². The number of halogens is 1. The van der Waals surface area contributed by atoms with Crippen molar-refractivity contribution in [3.05, 3.63) is 58.6 Å². The third-order valence-corrected chi connectivity index (χ3v) is 5.50. The van der Waals surface area contributed by atoms with Crippen molar-refractivity contribution in [2.24, 2.45) is 0 Å². The van der Waals surface area contributed by atoms with Gasteiger partial charge in [-0.05, 0) is 43.2 Å². The maximum atomic E-state index is 12.9. The molecule has 4 aromatic rings. The molecule has 0 saturated heterocycles. The van der Waals surface area contributed by atoms with Gasteiger partial charge < -0.3 is 10.5 Å². The minimum absolute atomic E-state index is 0.233. The van der Waals surface area contributed by atoms with Crippen molar-refractivity contribution in [1.82, 2.24) is 14.5 Å². The number of nitrogens with two attached hydrogens (primary N) is 1. The number of hydrogen-bond donors (Lipinski definition) is 1. The lowest BCUT2D eigenvalue weighted by Gasteiger charge is -2.09. The summed E-state index contributed by atoms with van der Waals surface area (Å²) < 4.78 is 7.21. The first-order valence-corrected chi connectivity index (χ1v) is 10.4. The highest BCUT2D eigenvalue weighted by Crippen LogP contribution is 2.32. The van der Waals surface area contributed by atoms with E-state index in [9.17, 15) is 4.79 Å². The number of aromatic nitrogens is 3. The molecule has 2 N–H and O–H groups in total. The van der Waals surface area contributed by atoms with E-state index in [2.05, 4.69) is 6.92 Å². The molecule has 7 heteroatoms. The number of esters is 1. The Bertz CT molecular complexity index is 1250. The highest BCUT2D eigenvalue weighted by Gasteiger charge is 2.26. The van der Waals surface area contributed by atoms with Crippen molar-refractivity contribution in [3.63, 3.8) is 0 Å². The van der Waals surface area contributed by atoms with Gasteiger partial charge in [-0.2, -0.15) is 0 Å². The van der Waals surface area contributed by atoms with Gasteiger partial charge in [0.25, 0.3) is 0 Å². The molecule has 0 unspecified atom stereocenters. The van der Waals surface area contributed by atoms with E-state index in [1.807, 2.05) is 43.3 Å². The van der Waals surface area contributed by atoms with Gasteiger partial charge in [0.2, 0.25) is 0 Å². The maximum absolute atomic E-state index is 12.9. The Hall–Kier alpha value is -3.12. The van der Waals surface area contributed by atoms with Crippen molar-refractivity contribution in [1.29, 1.82) is 0 Å². The van der Waals surface area contributed by atoms with Gasteiger partial charge in [0.05, 0.1) is 23.3 Å². The zero-order valence-corrected chi connectivity index (χ0v) is 17.7. The summed E-state index contributed by atoms with van der Waals surface area (Å²) in [5.74, 6) is -0.254. The van der Waals surface area contributed by atoms with E-state index < -0.39 is 5.97 Å². The molecule has 0 saturated carbocycles. The van der Waals surface area contributed by atoms with Crippen LogP contribution < -0.4 is 5.73 Å². The van der Waals surface area contributed by atoms with Crippen molar-refractivity contribution in [2.75, 3.05) is 12.3 Å². The third kappa shape index (κ3) is 3.59. The lowest BCUT2D eigenvalue weighted by molar-refractivity contribution is 0.0501. The van der Waals surface area contributed by atoms with E-state index in [-0.39, 0.29) is 11.4 Å². The number of aryl methyl sites for hydroxylation is 1. The zero-order valence-electron chi connectivity index (χ0n) is 17.0. The molecule has 0 fully saturated rings. The highest BCUT2D eigenvalue weighted by atomic mass is 35.5. The third-order valence-electron chi connectivity index (χ3n) is 5.10. The maximum Gasteiger partial charge on any atom is 0.344 e. The summed E-state index contributed by atoms with van der Waals surface area (Å²) in [4.78, 5) is 22.4. The number of rotatable bonds is 6. The summed E-state index contributed by atoms with van der Waals surface area (Å²) >= 11 is 6.35. The van der Waals surface area contributed by atoms with Gasteiger partial charge in [-0.25, -0.2) is 14.8 Å². The number of hydrogen-bond acceptors (Lipinski definition) is 5. The van der Waals surface area contributed by atoms with Crippen LogP contribution in [0.1, 0.15) is 42.1 Å². The van der Waals surface area contributed by atoms with E-state index in [0.717, 1.165) is 24.8 Å². The molecule has 2 aromatic heterocycles. The SMILES string of the molecule is CCCCCOC(=O)c1c(N)n(-c2ccc(C)c(Cl)c2)c2nc3ccccc3nc12. The Morgan fingerprint density at radius 3 is 2.57 bits per heavy atom. The van der Waals surface area contributed by atoms with E-state index in [1.54, 1.807) is 10.6 Å². The Kier molecular flexibility index (Phi) is 5.59. The molecule has 0 aliphatic carbocycles. The Morgan fingerprint density at radius 1 is 1.13 bits per heavy atom. The van der Waals surface area contributed by atoms with Crippen molar-refractivity contribution in [3.8, 4) is 5.69 Å². The molecule has 0 aliphatic rings. The molecule has 30 heavy (non-hydrogen) atoms. The number of carbonyl (C=O) groups excluding carboxylic acids is 1. The normalized spacial score (nSPS) is 11.3. The highest BCUT2D eigenvalue weighted by molar-refractivity contribution is 6.31. The number of nitrogen functional groups attached to an aromatic ring is 1. The molecule has 4 rings (SSSR count). The summed E-state index contributed by atoms with van der Waals surface area (Å²) in [7, 11) is 0. The van der Waals surface area contributed by atoms with Crippen LogP contribution in [0.5, 0.6) is 0 Å². The summed E-state index contributed by atoms with van der Waals surface area (Å²) in [6.07, 6.45) is 2.85. The molecule has 154 valence electrons. The zero-order chi connectivity index (χ0) is 21.3. The minimum Gasteiger partial charge on any atom is -0.462 e. The number of fused-ring (bicyclic) bond motifs is 2. The van der Waals surface area contributed by atoms with E-state index >= 15 is 0 Å². The van der Waals surface area contributed by atoms with Gasteiger partial charge in [-0.15, -0.1) is 0 Å². The van der Waals surface area contributed by atoms with Crippen molar-refractivity contribution in [2.45, 2.75) is 33.1 Å². The van der Waals surface area contributed by atoms with Gasteiger partial charge >= 0.3 is 5.97 Å². The summed E-state index contributed by atoms with van der Waals surface area (Å²) in [6.45, 7) is 4.37. The second-order valence-electron chi connectivity index (χ2n) is 7.26. The Morgan fingerprint density at radius 2 is 1.87 bits per heavy atom. The first-order valence-electron chi connectivity index (χ1n) is 10.0. The fraction of sp³-hybridized carbons (Fsp3) is 0.261. The van der Waals surface area contributed by atoms with Crippen LogP contribution >= 0.6 is 11.6 Å². The summed E-state index contributed by atoms with van der Waals surface area (Å²) in [5.41, 5.74) is 10.7. The molecule has 0 bridgehead atoms. The van der Waals surface area contributed by atoms with Gasteiger partial charge in [-0.1, -0.05) is 49.6 Å². The summed E-state index contributed by atoms with van der Waals surface area (Å²) in [6, 6.07) is 13.1. The summed E-state index contributed by atoms with van der Waals surface area (Å²) in [5, 5.41) is 0.603. The minimum atomic E-state index is -0.491. The molecular formula is C23H23ClN4O2. The Balaban J connectivity index is 1.92. The molecule has 0 spiro atoms. The fourth-order valence-corrected chi connectivity index (χ4v) is 3.61. The Labute approximate surface area is 179 Å². The monoisotopic (exact) mass is 422 g/mol. The number of ether oxygens (including phenoxy) is 1. The predicted octanol–water partition coefficient (Wildman–Crippen LogP) is 5.46. The molecule has 6 nitrogen and oxygen atoms in total. The number of anilines is 1. The van der Waals surface area contributed by atoms with Crippen LogP contribution in [0.4, 0.5) is 5.82 Å². The quantitative estimate of drug-likeness (QED) is 0.329. The number of unbranched alkanes of at least 4 members (excludes halogenated alkanes) is 2. The lowest BCUT2D eigenvalue weighted by atomic mass is 10.2. The molecule has 2 heterocycles. The smallest absolute Gasteiger partial charge is 0.344 e. The molecule has 0 atom stereocenters. The lowest BCUT2D eigenvalue weighted by Crippen LogP contribution is -2.10. The first-order chi connectivity index (χ1) is 14.5. The van der Waals surface area contributed by atoms with Crippen LogP contribution in [0.25, 0.3) is 27.9 Å². The molecule has 2 aromatic carbocycles. The van der Waals surface area contributed by atoms with Crippen molar-refractivity contribution >= 4 is 45.6 Å². The van der Waals surface area contributed by atoms with Gasteiger partial charge in [0.15, 0.2) is 5.65 Å². The van der Waals surface area contributed by atoms with Crippen molar-refractivity contribution < 1.29 is 9.53 Å².